The van der Waals surface area contributed by atoms with Crippen molar-refractivity contribution in [2.24, 2.45) is 4.99 Å². The van der Waals surface area contributed by atoms with E-state index in [1.54, 1.807) is 0 Å². The van der Waals surface area contributed by atoms with Crippen LogP contribution in [-0.2, 0) is 0 Å². The van der Waals surface area contributed by atoms with Crippen molar-refractivity contribution in [3.05, 3.63) is 0 Å². The van der Waals surface area contributed by atoms with E-state index in [9.17, 15) is 0 Å². The minimum Gasteiger partial charge on any atom is -0.349 e. The lowest BCUT2D eigenvalue weighted by molar-refractivity contribution is 0.509. The van der Waals surface area contributed by atoms with Gasteiger partial charge in [0.1, 0.15) is 0 Å². The van der Waals surface area contributed by atoms with Crippen LogP contribution in [0.15, 0.2) is 4.99 Å². The summed E-state index contributed by atoms with van der Waals surface area (Å²) >= 11 is 0. The molecule has 54 valence electrons. The van der Waals surface area contributed by atoms with Gasteiger partial charge < -0.3 is 4.90 Å². The van der Waals surface area contributed by atoms with Gasteiger partial charge in [0, 0.05) is 20.0 Å². The first kappa shape index (κ1) is 7.14. The Morgan fingerprint density at radius 1 is 1.80 bits per heavy atom. The third-order valence-electron chi connectivity index (χ3n) is 1.73. The van der Waals surface area contributed by atoms with Gasteiger partial charge in [0.25, 0.3) is 0 Å². The number of likely N-dealkylation sites (tertiary alicyclic amines) is 1. The van der Waals surface area contributed by atoms with Gasteiger partial charge in [-0.05, 0) is 6.42 Å². The number of amidine groups is 1. The summed E-state index contributed by atoms with van der Waals surface area (Å²) in [6.45, 7) is 1.80. The maximum atomic E-state index is 5.18. The Labute approximate surface area is 61.9 Å². The minimum atomic E-state index is 0.715. The van der Waals surface area contributed by atoms with Gasteiger partial charge in [-0.25, -0.2) is 0 Å². The zero-order valence-electron chi connectivity index (χ0n) is 6.30. The topological polar surface area (TPSA) is 15.6 Å². The maximum Gasteiger partial charge on any atom is 0.0994 e. The van der Waals surface area contributed by atoms with Gasteiger partial charge in [0.15, 0.2) is 0 Å². The van der Waals surface area contributed by atoms with Crippen LogP contribution in [0.3, 0.4) is 0 Å². The standard InChI is InChI=1S/C8H12N2/c1-3-6-10-7-4-5-8(10)9-2/h1H,4-7H2,2H3. The van der Waals surface area contributed by atoms with Crippen molar-refractivity contribution in [3.63, 3.8) is 0 Å². The molecule has 10 heavy (non-hydrogen) atoms. The Balaban J connectivity index is 2.52. The molecule has 0 bridgehead atoms. The summed E-state index contributed by atoms with van der Waals surface area (Å²) < 4.78 is 0. The Bertz CT molecular complexity index is 176. The lowest BCUT2D eigenvalue weighted by Crippen LogP contribution is -2.24. The van der Waals surface area contributed by atoms with Crippen molar-refractivity contribution in [2.75, 3.05) is 20.1 Å². The Kier molecular flexibility index (Phi) is 2.33. The zero-order chi connectivity index (χ0) is 7.40. The predicted octanol–water partition coefficient (Wildman–Crippen LogP) is 0.744. The van der Waals surface area contributed by atoms with Crippen LogP contribution in [-0.4, -0.2) is 30.9 Å². The van der Waals surface area contributed by atoms with Gasteiger partial charge >= 0.3 is 0 Å². The first-order valence-corrected chi connectivity index (χ1v) is 3.52. The van der Waals surface area contributed by atoms with Crippen LogP contribution >= 0.6 is 0 Å². The van der Waals surface area contributed by atoms with Gasteiger partial charge in [-0.1, -0.05) is 5.92 Å². The Morgan fingerprint density at radius 3 is 3.20 bits per heavy atom. The van der Waals surface area contributed by atoms with Crippen molar-refractivity contribution in [1.29, 1.82) is 0 Å². The highest BCUT2D eigenvalue weighted by Crippen LogP contribution is 2.09. The van der Waals surface area contributed by atoms with E-state index in [0.29, 0.717) is 6.54 Å². The summed E-state index contributed by atoms with van der Waals surface area (Å²) in [5.41, 5.74) is 0. The quantitative estimate of drug-likeness (QED) is 0.485. The van der Waals surface area contributed by atoms with E-state index in [1.807, 2.05) is 7.05 Å². The third kappa shape index (κ3) is 1.30. The van der Waals surface area contributed by atoms with E-state index in [0.717, 1.165) is 18.8 Å². The number of nitrogens with zero attached hydrogens (tertiary/aromatic N) is 2. The zero-order valence-corrected chi connectivity index (χ0v) is 6.30. The summed E-state index contributed by atoms with van der Waals surface area (Å²) in [4.78, 5) is 6.29. The summed E-state index contributed by atoms with van der Waals surface area (Å²) in [6.07, 6.45) is 7.48. The summed E-state index contributed by atoms with van der Waals surface area (Å²) in [5.74, 6) is 3.78. The molecule has 0 radical (unpaired) electrons. The molecule has 0 N–H and O–H groups in total. The fourth-order valence-corrected chi connectivity index (χ4v) is 1.25. The van der Waals surface area contributed by atoms with Gasteiger partial charge in [0.2, 0.25) is 0 Å². The molecule has 0 saturated carbocycles. The third-order valence-corrected chi connectivity index (χ3v) is 1.73. The summed E-state index contributed by atoms with van der Waals surface area (Å²) in [7, 11) is 1.82. The minimum absolute atomic E-state index is 0.715. The molecule has 0 aromatic rings. The molecule has 2 nitrogen and oxygen atoms in total. The van der Waals surface area contributed by atoms with Crippen molar-refractivity contribution >= 4 is 5.84 Å². The van der Waals surface area contributed by atoms with E-state index in [4.69, 9.17) is 6.42 Å². The molecule has 2 heteroatoms. The van der Waals surface area contributed by atoms with Crippen molar-refractivity contribution in [1.82, 2.24) is 4.90 Å². The van der Waals surface area contributed by atoms with E-state index >= 15 is 0 Å². The first-order valence-electron chi connectivity index (χ1n) is 3.52. The molecule has 1 heterocycles. The van der Waals surface area contributed by atoms with Gasteiger partial charge in [-0.3, -0.25) is 4.99 Å². The number of terminal acetylenes is 1. The van der Waals surface area contributed by atoms with Crippen molar-refractivity contribution in [3.8, 4) is 12.3 Å². The van der Waals surface area contributed by atoms with Gasteiger partial charge in [0.05, 0.1) is 12.4 Å². The monoisotopic (exact) mass is 136 g/mol. The van der Waals surface area contributed by atoms with Crippen LogP contribution in [0.25, 0.3) is 0 Å². The van der Waals surface area contributed by atoms with Crippen LogP contribution in [0.5, 0.6) is 0 Å². The van der Waals surface area contributed by atoms with Gasteiger partial charge in [-0.15, -0.1) is 6.42 Å². The highest BCUT2D eigenvalue weighted by atomic mass is 15.2. The second-order valence-electron chi connectivity index (χ2n) is 2.37. The summed E-state index contributed by atoms with van der Waals surface area (Å²) in [6, 6.07) is 0. The van der Waals surface area contributed by atoms with E-state index in [2.05, 4.69) is 15.8 Å². The maximum absolute atomic E-state index is 5.18. The van der Waals surface area contributed by atoms with Gasteiger partial charge in [-0.2, -0.15) is 0 Å². The largest absolute Gasteiger partial charge is 0.349 e. The molecule has 0 aliphatic carbocycles. The molecule has 0 aromatic carbocycles. The molecule has 1 aliphatic heterocycles. The van der Waals surface area contributed by atoms with Crippen LogP contribution in [0.1, 0.15) is 12.8 Å². The number of aliphatic imine (C=N–C) groups is 1. The predicted molar refractivity (Wildman–Crippen MR) is 43.0 cm³/mol. The van der Waals surface area contributed by atoms with Crippen LogP contribution in [0, 0.1) is 12.3 Å². The lowest BCUT2D eigenvalue weighted by Gasteiger charge is -2.13. The summed E-state index contributed by atoms with van der Waals surface area (Å²) in [5, 5.41) is 0. The normalized spacial score (nSPS) is 21.6. The van der Waals surface area contributed by atoms with Crippen LogP contribution < -0.4 is 0 Å². The second-order valence-corrected chi connectivity index (χ2v) is 2.37. The molecule has 1 fully saturated rings. The van der Waals surface area contributed by atoms with E-state index in [1.165, 1.54) is 6.42 Å². The second kappa shape index (κ2) is 3.26. The smallest absolute Gasteiger partial charge is 0.0994 e. The molecule has 0 atom stereocenters. The fraction of sp³-hybridized carbons (Fsp3) is 0.625. The molecule has 0 aromatic heterocycles. The first-order chi connectivity index (χ1) is 4.88. The molecular formula is C8H12N2. The number of hydrogen-bond acceptors (Lipinski definition) is 1. The molecule has 0 spiro atoms. The average Bonchev–Trinajstić information content (AvgIpc) is 2.36. The molecule has 0 unspecified atom stereocenters. The average molecular weight is 136 g/mol. The van der Waals surface area contributed by atoms with Crippen LogP contribution in [0.4, 0.5) is 0 Å². The highest BCUT2D eigenvalue weighted by molar-refractivity contribution is 5.84. The van der Waals surface area contributed by atoms with Crippen molar-refractivity contribution in [2.45, 2.75) is 12.8 Å². The number of hydrogen-bond donors (Lipinski definition) is 0. The SMILES string of the molecule is C#CCN1CCCC1=NC. The molecule has 1 saturated heterocycles. The molecular weight excluding hydrogens is 124 g/mol. The fourth-order valence-electron chi connectivity index (χ4n) is 1.25. The Morgan fingerprint density at radius 2 is 2.60 bits per heavy atom. The molecule has 1 aliphatic rings. The van der Waals surface area contributed by atoms with Crippen molar-refractivity contribution < 1.29 is 0 Å². The molecule has 1 rings (SSSR count). The lowest BCUT2D eigenvalue weighted by atomic mass is 10.4. The van der Waals surface area contributed by atoms with E-state index in [-0.39, 0.29) is 0 Å². The highest BCUT2D eigenvalue weighted by Gasteiger charge is 2.15. The van der Waals surface area contributed by atoms with E-state index < -0.39 is 0 Å². The van der Waals surface area contributed by atoms with Crippen LogP contribution in [0.2, 0.25) is 0 Å². The Hall–Kier alpha value is -0.970. The molecule has 0 amide bonds. The number of rotatable bonds is 1.